The maximum atomic E-state index is 10.9. The van der Waals surface area contributed by atoms with Gasteiger partial charge in [-0.25, -0.2) is 0 Å². The average Bonchev–Trinajstić information content (AvgIpc) is 2.26. The third kappa shape index (κ3) is 3.39. The van der Waals surface area contributed by atoms with Crippen LogP contribution in [0.1, 0.15) is 18.6 Å². The van der Waals surface area contributed by atoms with Crippen LogP contribution in [0.2, 0.25) is 0 Å². The maximum absolute atomic E-state index is 10.9. The Bertz CT molecular complexity index is 421. The summed E-state index contributed by atoms with van der Waals surface area (Å²) in [6.07, 6.45) is -0.903. The van der Waals surface area contributed by atoms with Crippen molar-refractivity contribution in [1.82, 2.24) is 0 Å². The highest BCUT2D eigenvalue weighted by molar-refractivity contribution is 9.10. The van der Waals surface area contributed by atoms with E-state index in [0.717, 1.165) is 0 Å². The van der Waals surface area contributed by atoms with Gasteiger partial charge in [0.25, 0.3) is 0 Å². The molecule has 0 saturated heterocycles. The monoisotopic (exact) mass is 305 g/mol. The molecule has 0 heterocycles. The molecule has 0 bridgehead atoms. The van der Waals surface area contributed by atoms with Crippen LogP contribution >= 0.6 is 15.9 Å². The van der Waals surface area contributed by atoms with E-state index < -0.39 is 11.0 Å². The van der Waals surface area contributed by atoms with Gasteiger partial charge in [-0.05, 0) is 13.0 Å². The summed E-state index contributed by atoms with van der Waals surface area (Å²) in [5.41, 5.74) is 0.0586. The smallest absolute Gasteiger partial charge is 0.312 e. The molecular weight excluding hydrogens is 294 g/mol. The number of nitro benzene ring substituents is 1. The molecule has 2 N–H and O–H groups in total. The van der Waals surface area contributed by atoms with Crippen molar-refractivity contribution in [1.29, 1.82) is 0 Å². The number of nitro groups is 1. The Kier molecular flexibility index (Phi) is 4.86. The Morgan fingerprint density at radius 2 is 2.24 bits per heavy atom. The second kappa shape index (κ2) is 5.95. The summed E-state index contributed by atoms with van der Waals surface area (Å²) in [4.78, 5) is 10.3. The molecule has 0 saturated carbocycles. The van der Waals surface area contributed by atoms with E-state index in [-0.39, 0.29) is 24.7 Å². The zero-order valence-electron chi connectivity index (χ0n) is 9.09. The quantitative estimate of drug-likeness (QED) is 0.639. The maximum Gasteiger partial charge on any atom is 0.312 e. The Labute approximate surface area is 106 Å². The van der Waals surface area contributed by atoms with Crippen LogP contribution in [0.4, 0.5) is 5.69 Å². The standard InChI is InChI=1S/C10H12BrNO5/c1-6(14)8-4-7(11)5-9(12(15)16)10(8)17-3-2-13/h4-6,13-14H,2-3H2,1H3/t6-/m0/s1. The summed E-state index contributed by atoms with van der Waals surface area (Å²) in [5.74, 6) is -0.0118. The third-order valence-electron chi connectivity index (χ3n) is 2.05. The molecule has 0 aliphatic heterocycles. The van der Waals surface area contributed by atoms with Crippen molar-refractivity contribution in [3.63, 3.8) is 0 Å². The van der Waals surface area contributed by atoms with E-state index in [4.69, 9.17) is 9.84 Å². The number of rotatable bonds is 5. The van der Waals surface area contributed by atoms with Crippen molar-refractivity contribution < 1.29 is 19.9 Å². The lowest BCUT2D eigenvalue weighted by atomic mass is 10.1. The number of aliphatic hydroxyl groups is 2. The van der Waals surface area contributed by atoms with E-state index in [9.17, 15) is 15.2 Å². The van der Waals surface area contributed by atoms with E-state index in [1.54, 1.807) is 6.07 Å². The Morgan fingerprint density at radius 3 is 2.71 bits per heavy atom. The first-order chi connectivity index (χ1) is 7.97. The number of benzene rings is 1. The summed E-state index contributed by atoms with van der Waals surface area (Å²) in [5, 5.41) is 29.1. The molecule has 94 valence electrons. The third-order valence-corrected chi connectivity index (χ3v) is 2.51. The largest absolute Gasteiger partial charge is 0.484 e. The van der Waals surface area contributed by atoms with Crippen LogP contribution < -0.4 is 4.74 Å². The Balaban J connectivity index is 3.31. The molecule has 0 amide bonds. The van der Waals surface area contributed by atoms with Crippen LogP contribution in [-0.4, -0.2) is 28.4 Å². The van der Waals surface area contributed by atoms with Gasteiger partial charge in [0.1, 0.15) is 6.61 Å². The molecule has 0 fully saturated rings. The normalized spacial score (nSPS) is 12.2. The molecule has 6 nitrogen and oxygen atoms in total. The summed E-state index contributed by atoms with van der Waals surface area (Å²) in [7, 11) is 0. The van der Waals surface area contributed by atoms with Crippen molar-refractivity contribution >= 4 is 21.6 Å². The molecule has 0 radical (unpaired) electrons. The molecule has 0 aromatic heterocycles. The fourth-order valence-corrected chi connectivity index (χ4v) is 1.81. The number of hydrogen-bond acceptors (Lipinski definition) is 5. The number of nitrogens with zero attached hydrogens (tertiary/aromatic N) is 1. The van der Waals surface area contributed by atoms with Crippen LogP contribution in [0.3, 0.4) is 0 Å². The highest BCUT2D eigenvalue weighted by Gasteiger charge is 2.23. The van der Waals surface area contributed by atoms with Gasteiger partial charge in [-0.3, -0.25) is 10.1 Å². The molecule has 0 aliphatic rings. The molecule has 1 atom stereocenters. The minimum absolute atomic E-state index is 0.0118. The molecule has 0 unspecified atom stereocenters. The zero-order chi connectivity index (χ0) is 13.0. The lowest BCUT2D eigenvalue weighted by Crippen LogP contribution is -2.08. The first-order valence-corrected chi connectivity index (χ1v) is 5.66. The molecular formula is C10H12BrNO5. The van der Waals surface area contributed by atoms with Crippen LogP contribution in [0, 0.1) is 10.1 Å². The topological polar surface area (TPSA) is 92.8 Å². The Morgan fingerprint density at radius 1 is 1.59 bits per heavy atom. The van der Waals surface area contributed by atoms with Crippen molar-refractivity contribution in [2.75, 3.05) is 13.2 Å². The van der Waals surface area contributed by atoms with Crippen molar-refractivity contribution in [3.05, 3.63) is 32.3 Å². The minimum Gasteiger partial charge on any atom is -0.484 e. The summed E-state index contributed by atoms with van der Waals surface area (Å²) in [6.45, 7) is 1.16. The fraction of sp³-hybridized carbons (Fsp3) is 0.400. The molecule has 1 aromatic rings. The van der Waals surface area contributed by atoms with Gasteiger partial charge in [0.05, 0.1) is 17.6 Å². The fourth-order valence-electron chi connectivity index (χ4n) is 1.35. The second-order valence-corrected chi connectivity index (χ2v) is 4.26. The van der Waals surface area contributed by atoms with Gasteiger partial charge in [-0.2, -0.15) is 0 Å². The molecule has 17 heavy (non-hydrogen) atoms. The highest BCUT2D eigenvalue weighted by Crippen LogP contribution is 2.37. The van der Waals surface area contributed by atoms with Crippen LogP contribution in [0.15, 0.2) is 16.6 Å². The van der Waals surface area contributed by atoms with E-state index >= 15 is 0 Å². The summed E-state index contributed by atoms with van der Waals surface area (Å²) >= 11 is 3.13. The van der Waals surface area contributed by atoms with Gasteiger partial charge < -0.3 is 14.9 Å². The SMILES string of the molecule is C[C@H](O)c1cc(Br)cc([N+](=O)[O-])c1OCCO. The predicted octanol–water partition coefficient (Wildman–Crippen LogP) is 1.78. The lowest BCUT2D eigenvalue weighted by Gasteiger charge is -2.13. The second-order valence-electron chi connectivity index (χ2n) is 3.35. The first kappa shape index (κ1) is 13.9. The van der Waals surface area contributed by atoms with Crippen LogP contribution in [0.25, 0.3) is 0 Å². The lowest BCUT2D eigenvalue weighted by molar-refractivity contribution is -0.386. The van der Waals surface area contributed by atoms with Gasteiger partial charge in [0.2, 0.25) is 5.75 Å². The molecule has 1 rings (SSSR count). The number of aliphatic hydroxyl groups excluding tert-OH is 2. The molecule has 7 heteroatoms. The number of hydrogen-bond donors (Lipinski definition) is 2. The van der Waals surface area contributed by atoms with Gasteiger partial charge in [-0.1, -0.05) is 15.9 Å². The predicted molar refractivity (Wildman–Crippen MR) is 64.0 cm³/mol. The van der Waals surface area contributed by atoms with Crippen molar-refractivity contribution in [2.24, 2.45) is 0 Å². The Hall–Kier alpha value is -1.18. The molecule has 1 aromatic carbocycles. The van der Waals surface area contributed by atoms with Crippen LogP contribution in [0.5, 0.6) is 5.75 Å². The van der Waals surface area contributed by atoms with Crippen LogP contribution in [-0.2, 0) is 0 Å². The highest BCUT2D eigenvalue weighted by atomic mass is 79.9. The number of halogens is 1. The molecule has 0 aliphatic carbocycles. The van der Waals surface area contributed by atoms with E-state index in [1.807, 2.05) is 0 Å². The minimum atomic E-state index is -0.903. The average molecular weight is 306 g/mol. The van der Waals surface area contributed by atoms with Gasteiger partial charge in [0.15, 0.2) is 0 Å². The van der Waals surface area contributed by atoms with E-state index in [2.05, 4.69) is 15.9 Å². The van der Waals surface area contributed by atoms with Crippen molar-refractivity contribution in [2.45, 2.75) is 13.0 Å². The van der Waals surface area contributed by atoms with Gasteiger partial charge >= 0.3 is 5.69 Å². The van der Waals surface area contributed by atoms with Gasteiger partial charge in [-0.15, -0.1) is 0 Å². The van der Waals surface area contributed by atoms with E-state index in [0.29, 0.717) is 10.0 Å². The van der Waals surface area contributed by atoms with Crippen molar-refractivity contribution in [3.8, 4) is 5.75 Å². The first-order valence-electron chi connectivity index (χ1n) is 4.87. The molecule has 0 spiro atoms. The van der Waals surface area contributed by atoms with E-state index in [1.165, 1.54) is 13.0 Å². The van der Waals surface area contributed by atoms with Gasteiger partial charge in [0, 0.05) is 16.1 Å². The zero-order valence-corrected chi connectivity index (χ0v) is 10.7. The summed E-state index contributed by atoms with van der Waals surface area (Å²) in [6, 6.07) is 2.84. The number of ether oxygens (including phenoxy) is 1. The summed E-state index contributed by atoms with van der Waals surface area (Å²) < 4.78 is 5.61.